The maximum absolute atomic E-state index is 10.3. The molecule has 13 heavy (non-hydrogen) atoms. The lowest BCUT2D eigenvalue weighted by Gasteiger charge is -1.94. The molecule has 0 radical (unpaired) electrons. The number of hydrogen-bond acceptors (Lipinski definition) is 3. The number of pyridine rings is 1. The molecule has 0 unspecified atom stereocenters. The highest BCUT2D eigenvalue weighted by molar-refractivity contribution is 5.33. The minimum absolute atomic E-state index is 0.0713. The van der Waals surface area contributed by atoms with Crippen LogP contribution in [0.25, 0.3) is 0 Å². The van der Waals surface area contributed by atoms with Crippen LogP contribution >= 0.6 is 0 Å². The third-order valence-electron chi connectivity index (χ3n) is 1.57. The van der Waals surface area contributed by atoms with Gasteiger partial charge >= 0.3 is 5.69 Å². The second kappa shape index (κ2) is 4.39. The lowest BCUT2D eigenvalue weighted by molar-refractivity contribution is -0.413. The summed E-state index contributed by atoms with van der Waals surface area (Å²) in [6.45, 7) is 2.91. The molecule has 5 nitrogen and oxygen atoms in total. The number of nitrogens with one attached hydrogen (secondary N) is 2. The third-order valence-corrected chi connectivity index (χ3v) is 1.57. The van der Waals surface area contributed by atoms with Crippen LogP contribution in [0.1, 0.15) is 13.3 Å². The molecule has 0 atom stereocenters. The number of rotatable bonds is 4. The fourth-order valence-electron chi connectivity index (χ4n) is 0.900. The van der Waals surface area contributed by atoms with Crippen LogP contribution in [-0.2, 0) is 0 Å². The van der Waals surface area contributed by atoms with Crippen LogP contribution in [0.3, 0.4) is 0 Å². The Morgan fingerprint density at radius 3 is 2.85 bits per heavy atom. The topological polar surface area (TPSA) is 69.3 Å². The van der Waals surface area contributed by atoms with Crippen molar-refractivity contribution in [3.8, 4) is 0 Å². The van der Waals surface area contributed by atoms with Gasteiger partial charge in [-0.15, -0.1) is 0 Å². The van der Waals surface area contributed by atoms with Crippen molar-refractivity contribution in [1.29, 1.82) is 0 Å². The number of anilines is 1. The first-order valence-electron chi connectivity index (χ1n) is 4.14. The van der Waals surface area contributed by atoms with E-state index in [2.05, 4.69) is 17.2 Å². The van der Waals surface area contributed by atoms with Crippen molar-refractivity contribution in [3.63, 3.8) is 0 Å². The molecule has 2 N–H and O–H groups in total. The van der Waals surface area contributed by atoms with Gasteiger partial charge in [0.1, 0.15) is 0 Å². The van der Waals surface area contributed by atoms with Gasteiger partial charge in [-0.1, -0.05) is 6.92 Å². The van der Waals surface area contributed by atoms with E-state index in [-0.39, 0.29) is 5.69 Å². The van der Waals surface area contributed by atoms with Gasteiger partial charge in [0.2, 0.25) is 0 Å². The highest BCUT2D eigenvalue weighted by Gasteiger charge is 2.07. The van der Waals surface area contributed by atoms with E-state index in [0.29, 0.717) is 0 Å². The number of nitro groups is 1. The molecule has 1 rings (SSSR count). The first-order chi connectivity index (χ1) is 6.24. The first kappa shape index (κ1) is 9.44. The molecule has 0 saturated carbocycles. The molecule has 1 aromatic rings. The smallest absolute Gasteiger partial charge is 0.275 e. The van der Waals surface area contributed by atoms with E-state index in [9.17, 15) is 10.1 Å². The monoisotopic (exact) mass is 182 g/mol. The summed E-state index contributed by atoms with van der Waals surface area (Å²) in [5.41, 5.74) is 0.0713. The highest BCUT2D eigenvalue weighted by atomic mass is 16.6. The Kier molecular flexibility index (Phi) is 3.19. The normalized spacial score (nSPS) is 9.62. The van der Waals surface area contributed by atoms with Gasteiger partial charge in [-0.25, -0.2) is 4.98 Å². The predicted octanol–water partition coefficient (Wildman–Crippen LogP) is 1.23. The second-order valence-electron chi connectivity index (χ2n) is 2.64. The Bertz CT molecular complexity index is 284. The lowest BCUT2D eigenvalue weighted by atomic mass is 10.4. The fraction of sp³-hybridized carbons (Fsp3) is 0.375. The van der Waals surface area contributed by atoms with Gasteiger partial charge in [0.05, 0.1) is 11.5 Å². The van der Waals surface area contributed by atoms with Crippen LogP contribution in [0, 0.1) is 10.1 Å². The number of aromatic nitrogens is 1. The van der Waals surface area contributed by atoms with E-state index in [4.69, 9.17) is 0 Å². The summed E-state index contributed by atoms with van der Waals surface area (Å²) < 4.78 is 0. The SMILES string of the molecule is CCCNc1ccc([N+](=O)[O-])c[nH+]1. The summed E-state index contributed by atoms with van der Waals surface area (Å²) in [7, 11) is 0. The molecular formula is C8H12N3O2+. The Hall–Kier alpha value is -1.65. The fourth-order valence-corrected chi connectivity index (χ4v) is 0.900. The van der Waals surface area contributed by atoms with E-state index in [0.717, 1.165) is 18.8 Å². The largest absolute Gasteiger partial charge is 0.308 e. The van der Waals surface area contributed by atoms with Crippen LogP contribution < -0.4 is 10.3 Å². The minimum atomic E-state index is -0.430. The molecule has 0 spiro atoms. The van der Waals surface area contributed by atoms with Gasteiger partial charge in [0.15, 0.2) is 6.20 Å². The van der Waals surface area contributed by atoms with Gasteiger partial charge in [-0.05, 0) is 6.42 Å². The Morgan fingerprint density at radius 2 is 2.38 bits per heavy atom. The molecule has 0 aliphatic heterocycles. The van der Waals surface area contributed by atoms with Crippen molar-refractivity contribution in [2.75, 3.05) is 11.9 Å². The molecule has 0 bridgehead atoms. The molecule has 0 fully saturated rings. The Morgan fingerprint density at radius 1 is 1.62 bits per heavy atom. The van der Waals surface area contributed by atoms with Crippen molar-refractivity contribution in [2.45, 2.75) is 13.3 Å². The van der Waals surface area contributed by atoms with Gasteiger partial charge < -0.3 is 0 Å². The molecule has 0 amide bonds. The van der Waals surface area contributed by atoms with Crippen LogP contribution in [0.5, 0.6) is 0 Å². The van der Waals surface area contributed by atoms with Crippen molar-refractivity contribution >= 4 is 11.5 Å². The van der Waals surface area contributed by atoms with Gasteiger partial charge in [0, 0.05) is 12.1 Å². The zero-order valence-electron chi connectivity index (χ0n) is 7.41. The predicted molar refractivity (Wildman–Crippen MR) is 48.4 cm³/mol. The molecule has 0 saturated heterocycles. The summed E-state index contributed by atoms with van der Waals surface area (Å²) in [6, 6.07) is 3.13. The Labute approximate surface area is 75.9 Å². The lowest BCUT2D eigenvalue weighted by Crippen LogP contribution is -2.13. The molecule has 0 aliphatic rings. The number of H-pyrrole nitrogens is 1. The van der Waals surface area contributed by atoms with E-state index in [1.54, 1.807) is 6.07 Å². The van der Waals surface area contributed by atoms with Crippen LogP contribution in [0.2, 0.25) is 0 Å². The summed E-state index contributed by atoms with van der Waals surface area (Å²) in [4.78, 5) is 12.7. The average Bonchev–Trinajstić information content (AvgIpc) is 2.15. The number of hydrogen-bond donors (Lipinski definition) is 1. The Balaban J connectivity index is 2.64. The van der Waals surface area contributed by atoms with Crippen LogP contribution in [0.15, 0.2) is 18.3 Å². The molecule has 1 heterocycles. The molecule has 1 aromatic heterocycles. The van der Waals surface area contributed by atoms with Gasteiger partial charge in [-0.2, -0.15) is 0 Å². The van der Waals surface area contributed by atoms with Crippen molar-refractivity contribution in [1.82, 2.24) is 0 Å². The molecule has 0 aliphatic carbocycles. The summed E-state index contributed by atoms with van der Waals surface area (Å²) in [5, 5.41) is 13.4. The summed E-state index contributed by atoms with van der Waals surface area (Å²) >= 11 is 0. The second-order valence-corrected chi connectivity index (χ2v) is 2.64. The quantitative estimate of drug-likeness (QED) is 0.562. The van der Waals surface area contributed by atoms with Crippen LogP contribution in [0.4, 0.5) is 11.5 Å². The molecule has 0 aromatic carbocycles. The van der Waals surface area contributed by atoms with Crippen molar-refractivity contribution in [3.05, 3.63) is 28.4 Å². The maximum atomic E-state index is 10.3. The van der Waals surface area contributed by atoms with E-state index in [1.165, 1.54) is 12.3 Å². The minimum Gasteiger partial charge on any atom is -0.275 e. The van der Waals surface area contributed by atoms with Gasteiger partial charge in [-0.3, -0.25) is 15.4 Å². The maximum Gasteiger partial charge on any atom is 0.308 e. The average molecular weight is 182 g/mol. The molecule has 70 valence electrons. The van der Waals surface area contributed by atoms with Gasteiger partial charge in [0.25, 0.3) is 5.82 Å². The highest BCUT2D eigenvalue weighted by Crippen LogP contribution is 2.07. The van der Waals surface area contributed by atoms with E-state index in [1.807, 2.05) is 0 Å². The molecular weight excluding hydrogens is 170 g/mol. The van der Waals surface area contributed by atoms with Crippen molar-refractivity contribution in [2.24, 2.45) is 0 Å². The van der Waals surface area contributed by atoms with E-state index < -0.39 is 4.92 Å². The summed E-state index contributed by atoms with van der Waals surface area (Å²) in [6.07, 6.45) is 2.39. The zero-order chi connectivity index (χ0) is 9.68. The standard InChI is InChI=1S/C8H11N3O2/c1-2-5-9-8-4-3-7(6-10-8)11(12)13/h3-4,6H,2,5H2,1H3,(H,9,10)/p+1. The summed E-state index contributed by atoms with van der Waals surface area (Å²) in [5.74, 6) is 0.799. The molecule has 5 heteroatoms. The number of nitrogens with zero attached hydrogens (tertiary/aromatic N) is 1. The first-order valence-corrected chi connectivity index (χ1v) is 4.14. The van der Waals surface area contributed by atoms with E-state index >= 15 is 0 Å². The third kappa shape index (κ3) is 2.70. The van der Waals surface area contributed by atoms with Crippen molar-refractivity contribution < 1.29 is 9.91 Å². The zero-order valence-corrected chi connectivity index (χ0v) is 7.41. The number of aromatic amines is 1. The van der Waals surface area contributed by atoms with Crippen LogP contribution in [-0.4, -0.2) is 11.5 Å².